The molecular weight excluding hydrogens is 274 g/mol. The molecule has 1 saturated carbocycles. The summed E-state index contributed by atoms with van der Waals surface area (Å²) in [7, 11) is -1.52. The molecule has 0 aromatic carbocycles. The predicted molar refractivity (Wildman–Crippen MR) is 79.9 cm³/mol. The highest BCUT2D eigenvalue weighted by atomic mass is 32.2. The SMILES string of the molecule is CC(C)NCc1cc(S(=O)(=O)NCC2(C)CC2)cn1C. The summed E-state index contributed by atoms with van der Waals surface area (Å²) in [5.41, 5.74) is 1.14. The van der Waals surface area contributed by atoms with Gasteiger partial charge in [0.15, 0.2) is 0 Å². The Morgan fingerprint density at radius 3 is 2.60 bits per heavy atom. The molecule has 1 aliphatic rings. The van der Waals surface area contributed by atoms with Crippen molar-refractivity contribution in [2.75, 3.05) is 6.54 Å². The van der Waals surface area contributed by atoms with Crippen LogP contribution < -0.4 is 10.0 Å². The van der Waals surface area contributed by atoms with E-state index in [9.17, 15) is 8.42 Å². The average molecular weight is 299 g/mol. The summed E-state index contributed by atoms with van der Waals surface area (Å²) in [5.74, 6) is 0. The molecule has 2 rings (SSSR count). The van der Waals surface area contributed by atoms with Crippen LogP contribution in [-0.4, -0.2) is 25.6 Å². The number of nitrogens with zero attached hydrogens (tertiary/aromatic N) is 1. The smallest absolute Gasteiger partial charge is 0.242 e. The summed E-state index contributed by atoms with van der Waals surface area (Å²) >= 11 is 0. The Morgan fingerprint density at radius 1 is 1.40 bits per heavy atom. The highest BCUT2D eigenvalue weighted by Crippen LogP contribution is 2.44. The van der Waals surface area contributed by atoms with Gasteiger partial charge in [-0.2, -0.15) is 0 Å². The van der Waals surface area contributed by atoms with Crippen LogP contribution in [0.3, 0.4) is 0 Å². The molecule has 0 atom stereocenters. The Morgan fingerprint density at radius 2 is 2.05 bits per heavy atom. The van der Waals surface area contributed by atoms with Crippen LogP contribution >= 0.6 is 0 Å². The third kappa shape index (κ3) is 3.84. The zero-order valence-electron chi connectivity index (χ0n) is 12.7. The maximum atomic E-state index is 12.3. The van der Waals surface area contributed by atoms with Crippen LogP contribution in [-0.2, 0) is 23.6 Å². The van der Waals surface area contributed by atoms with Crippen LogP contribution in [0.2, 0.25) is 0 Å². The average Bonchev–Trinajstić information content (AvgIpc) is 2.96. The van der Waals surface area contributed by atoms with Crippen LogP contribution in [0.15, 0.2) is 17.2 Å². The standard InChI is InChI=1S/C14H25N3O2S/c1-11(2)15-8-12-7-13(9-17(12)4)20(18,19)16-10-14(3)5-6-14/h7,9,11,15-16H,5-6,8,10H2,1-4H3. The van der Waals surface area contributed by atoms with Gasteiger partial charge >= 0.3 is 0 Å². The fraction of sp³-hybridized carbons (Fsp3) is 0.714. The number of sulfonamides is 1. The first-order valence-corrected chi connectivity index (χ1v) is 8.58. The number of aryl methyl sites for hydroxylation is 1. The minimum Gasteiger partial charge on any atom is -0.352 e. The first-order valence-electron chi connectivity index (χ1n) is 7.10. The van der Waals surface area contributed by atoms with E-state index in [1.54, 1.807) is 12.3 Å². The first kappa shape index (κ1) is 15.5. The maximum absolute atomic E-state index is 12.3. The zero-order valence-corrected chi connectivity index (χ0v) is 13.5. The van der Waals surface area contributed by atoms with E-state index in [4.69, 9.17) is 0 Å². The molecule has 0 aliphatic heterocycles. The third-order valence-corrected chi connectivity index (χ3v) is 5.25. The van der Waals surface area contributed by atoms with E-state index in [0.29, 0.717) is 24.0 Å². The molecule has 0 radical (unpaired) electrons. The van der Waals surface area contributed by atoms with Gasteiger partial charge in [-0.3, -0.25) is 0 Å². The summed E-state index contributed by atoms with van der Waals surface area (Å²) in [5, 5.41) is 3.30. The molecule has 114 valence electrons. The van der Waals surface area contributed by atoms with Gasteiger partial charge in [-0.25, -0.2) is 13.1 Å². The lowest BCUT2D eigenvalue weighted by molar-refractivity contribution is 0.530. The summed E-state index contributed by atoms with van der Waals surface area (Å²) in [6.45, 7) is 7.45. The largest absolute Gasteiger partial charge is 0.352 e. The van der Waals surface area contributed by atoms with Gasteiger partial charge in [0.05, 0.1) is 4.90 Å². The van der Waals surface area contributed by atoms with Gasteiger partial charge in [-0.1, -0.05) is 20.8 Å². The van der Waals surface area contributed by atoms with Gasteiger partial charge in [-0.05, 0) is 24.3 Å². The number of nitrogens with one attached hydrogen (secondary N) is 2. The molecule has 1 fully saturated rings. The van der Waals surface area contributed by atoms with Crippen molar-refractivity contribution in [3.05, 3.63) is 18.0 Å². The van der Waals surface area contributed by atoms with Crippen molar-refractivity contribution >= 4 is 10.0 Å². The lowest BCUT2D eigenvalue weighted by atomic mass is 10.2. The minimum atomic E-state index is -3.39. The highest BCUT2D eigenvalue weighted by Gasteiger charge is 2.38. The van der Waals surface area contributed by atoms with E-state index >= 15 is 0 Å². The molecule has 6 heteroatoms. The fourth-order valence-corrected chi connectivity index (χ4v) is 3.24. The van der Waals surface area contributed by atoms with Crippen molar-refractivity contribution in [1.29, 1.82) is 0 Å². The lowest BCUT2D eigenvalue weighted by Gasteiger charge is -2.09. The Kier molecular flexibility index (Phi) is 4.27. The van der Waals surface area contributed by atoms with Gasteiger partial charge in [-0.15, -0.1) is 0 Å². The quantitative estimate of drug-likeness (QED) is 0.804. The Hall–Kier alpha value is -0.850. The Bertz CT molecular complexity index is 571. The van der Waals surface area contributed by atoms with Crippen LogP contribution in [0.25, 0.3) is 0 Å². The normalized spacial score (nSPS) is 17.6. The Balaban J connectivity index is 2.05. The van der Waals surface area contributed by atoms with Gasteiger partial charge in [0, 0.05) is 38.1 Å². The van der Waals surface area contributed by atoms with Gasteiger partial charge in [0.2, 0.25) is 10.0 Å². The summed E-state index contributed by atoms with van der Waals surface area (Å²) in [6.07, 6.45) is 3.89. The van der Waals surface area contributed by atoms with E-state index in [0.717, 1.165) is 18.5 Å². The van der Waals surface area contributed by atoms with Crippen molar-refractivity contribution in [3.8, 4) is 0 Å². The number of hydrogen-bond acceptors (Lipinski definition) is 3. The summed E-state index contributed by atoms with van der Waals surface area (Å²) in [6, 6.07) is 2.12. The molecule has 1 aromatic heterocycles. The van der Waals surface area contributed by atoms with Crippen LogP contribution in [0, 0.1) is 5.41 Å². The summed E-state index contributed by atoms with van der Waals surface area (Å²) in [4.78, 5) is 0.352. The second-order valence-corrected chi connectivity index (χ2v) is 8.22. The minimum absolute atomic E-state index is 0.171. The highest BCUT2D eigenvalue weighted by molar-refractivity contribution is 7.89. The van der Waals surface area contributed by atoms with Crippen LogP contribution in [0.1, 0.15) is 39.3 Å². The molecule has 1 heterocycles. The fourth-order valence-electron chi connectivity index (χ4n) is 1.95. The molecule has 0 amide bonds. The molecular formula is C14H25N3O2S. The van der Waals surface area contributed by atoms with E-state index < -0.39 is 10.0 Å². The molecule has 0 bridgehead atoms. The van der Waals surface area contributed by atoms with Crippen molar-refractivity contribution in [1.82, 2.24) is 14.6 Å². The monoisotopic (exact) mass is 299 g/mol. The summed E-state index contributed by atoms with van der Waals surface area (Å²) < 4.78 is 29.1. The third-order valence-electron chi connectivity index (χ3n) is 3.88. The number of aromatic nitrogens is 1. The maximum Gasteiger partial charge on any atom is 0.242 e. The molecule has 20 heavy (non-hydrogen) atoms. The topological polar surface area (TPSA) is 63.1 Å². The molecule has 0 saturated heterocycles. The van der Waals surface area contributed by atoms with Crippen molar-refractivity contribution in [3.63, 3.8) is 0 Å². The molecule has 0 spiro atoms. The predicted octanol–water partition coefficient (Wildman–Crippen LogP) is 1.60. The second kappa shape index (κ2) is 5.50. The second-order valence-electron chi connectivity index (χ2n) is 6.45. The van der Waals surface area contributed by atoms with Crippen molar-refractivity contribution < 1.29 is 8.42 Å². The zero-order chi connectivity index (χ0) is 15.0. The van der Waals surface area contributed by atoms with Gasteiger partial charge < -0.3 is 9.88 Å². The van der Waals surface area contributed by atoms with Crippen LogP contribution in [0.5, 0.6) is 0 Å². The van der Waals surface area contributed by atoms with E-state index in [2.05, 4.69) is 30.8 Å². The van der Waals surface area contributed by atoms with E-state index in [1.165, 1.54) is 0 Å². The number of hydrogen-bond donors (Lipinski definition) is 2. The molecule has 0 unspecified atom stereocenters. The molecule has 2 N–H and O–H groups in total. The van der Waals surface area contributed by atoms with Gasteiger partial charge in [0.25, 0.3) is 0 Å². The number of rotatable bonds is 7. The van der Waals surface area contributed by atoms with Crippen molar-refractivity contribution in [2.24, 2.45) is 12.5 Å². The molecule has 5 nitrogen and oxygen atoms in total. The Labute approximate surface area is 121 Å². The molecule has 1 aromatic rings. The molecule has 1 aliphatic carbocycles. The first-order chi connectivity index (χ1) is 9.22. The van der Waals surface area contributed by atoms with Gasteiger partial charge in [0.1, 0.15) is 0 Å². The lowest BCUT2D eigenvalue weighted by Crippen LogP contribution is -2.28. The van der Waals surface area contributed by atoms with E-state index in [-0.39, 0.29) is 5.41 Å². The van der Waals surface area contributed by atoms with Crippen LogP contribution in [0.4, 0.5) is 0 Å². The van der Waals surface area contributed by atoms with Crippen molar-refractivity contribution in [2.45, 2.75) is 51.1 Å². The van der Waals surface area contributed by atoms with E-state index in [1.807, 2.05) is 11.6 Å².